The average molecular weight is 444 g/mol. The van der Waals surface area contributed by atoms with E-state index >= 15 is 0 Å². The summed E-state index contributed by atoms with van der Waals surface area (Å²) in [5.41, 5.74) is 0.703. The first-order valence-corrected chi connectivity index (χ1v) is 10.8. The molecular formula is C20H23F3N2O4S. The van der Waals surface area contributed by atoms with E-state index < -0.39 is 34.2 Å². The molecule has 1 N–H and O–H groups in total. The van der Waals surface area contributed by atoms with E-state index in [4.69, 9.17) is 4.74 Å². The number of nitrogens with zero attached hydrogens (tertiary/aromatic N) is 1. The number of nitrogens with one attached hydrogen (secondary N) is 1. The van der Waals surface area contributed by atoms with Gasteiger partial charge in [0.1, 0.15) is 18.9 Å². The van der Waals surface area contributed by atoms with Crippen LogP contribution in [0, 0.1) is 13.8 Å². The molecule has 0 aliphatic rings. The molecule has 1 amide bonds. The Balaban J connectivity index is 2.00. The van der Waals surface area contributed by atoms with Crippen molar-refractivity contribution < 1.29 is 31.1 Å². The number of rotatable bonds is 8. The number of alkyl halides is 3. The molecule has 0 radical (unpaired) electrons. The van der Waals surface area contributed by atoms with Crippen molar-refractivity contribution in [2.75, 3.05) is 30.3 Å². The van der Waals surface area contributed by atoms with Crippen molar-refractivity contribution in [3.63, 3.8) is 0 Å². The Labute approximate surface area is 173 Å². The van der Waals surface area contributed by atoms with Gasteiger partial charge in [0.05, 0.1) is 24.1 Å². The Bertz CT molecular complexity index is 1010. The summed E-state index contributed by atoms with van der Waals surface area (Å²) in [7, 11) is -3.99. The fourth-order valence-electron chi connectivity index (χ4n) is 2.64. The van der Waals surface area contributed by atoms with Crippen LogP contribution in [0.2, 0.25) is 0 Å². The first kappa shape index (κ1) is 23.5. The van der Waals surface area contributed by atoms with Crippen LogP contribution in [-0.4, -0.2) is 40.3 Å². The molecule has 0 unspecified atom stereocenters. The maximum Gasteiger partial charge on any atom is 0.416 e. The van der Waals surface area contributed by atoms with Crippen LogP contribution in [0.25, 0.3) is 0 Å². The monoisotopic (exact) mass is 444 g/mol. The summed E-state index contributed by atoms with van der Waals surface area (Å²) in [5.74, 6) is 0.00776. The molecule has 2 aromatic rings. The van der Waals surface area contributed by atoms with Gasteiger partial charge in [-0.2, -0.15) is 13.2 Å². The van der Waals surface area contributed by atoms with E-state index in [0.29, 0.717) is 16.1 Å². The van der Waals surface area contributed by atoms with Gasteiger partial charge in [-0.15, -0.1) is 0 Å². The number of hydrogen-bond donors (Lipinski definition) is 1. The average Bonchev–Trinajstić information content (AvgIpc) is 2.64. The summed E-state index contributed by atoms with van der Waals surface area (Å²) in [6.07, 6.45) is -3.81. The lowest BCUT2D eigenvalue weighted by Gasteiger charge is -2.23. The van der Waals surface area contributed by atoms with Crippen LogP contribution in [0.3, 0.4) is 0 Å². The summed E-state index contributed by atoms with van der Waals surface area (Å²) in [4.78, 5) is 12.2. The van der Waals surface area contributed by atoms with Crippen molar-refractivity contribution in [1.82, 2.24) is 5.32 Å². The van der Waals surface area contributed by atoms with Gasteiger partial charge < -0.3 is 10.1 Å². The van der Waals surface area contributed by atoms with Crippen molar-refractivity contribution in [2.45, 2.75) is 20.0 Å². The van der Waals surface area contributed by atoms with Crippen LogP contribution in [0.4, 0.5) is 18.9 Å². The van der Waals surface area contributed by atoms with E-state index in [1.807, 2.05) is 32.0 Å². The molecule has 0 aromatic heterocycles. The molecule has 30 heavy (non-hydrogen) atoms. The van der Waals surface area contributed by atoms with Gasteiger partial charge >= 0.3 is 6.18 Å². The quantitative estimate of drug-likeness (QED) is 0.634. The third-order valence-corrected chi connectivity index (χ3v) is 5.32. The van der Waals surface area contributed by atoms with Crippen LogP contribution in [0.15, 0.2) is 42.5 Å². The standard InChI is InChI=1S/C20H23F3N2O4S/c1-14-7-8-15(2)18(11-14)29-10-9-24-19(26)13-25(30(3,27)28)17-6-4-5-16(12-17)20(21,22)23/h4-8,11-12H,9-10,13H2,1-3H3,(H,24,26). The number of halogens is 3. The molecule has 0 saturated heterocycles. The van der Waals surface area contributed by atoms with Gasteiger partial charge in [-0.3, -0.25) is 9.10 Å². The number of hydrogen-bond acceptors (Lipinski definition) is 4. The predicted octanol–water partition coefficient (Wildman–Crippen LogP) is 3.28. The van der Waals surface area contributed by atoms with Gasteiger partial charge in [0.15, 0.2) is 0 Å². The third-order valence-electron chi connectivity index (χ3n) is 4.17. The molecule has 0 aliphatic heterocycles. The molecule has 0 bridgehead atoms. The second-order valence-corrected chi connectivity index (χ2v) is 8.69. The van der Waals surface area contributed by atoms with Crippen LogP contribution in [0.1, 0.15) is 16.7 Å². The first-order chi connectivity index (χ1) is 13.9. The van der Waals surface area contributed by atoms with E-state index in [2.05, 4.69) is 5.32 Å². The zero-order valence-electron chi connectivity index (χ0n) is 16.8. The van der Waals surface area contributed by atoms with E-state index in [0.717, 1.165) is 29.5 Å². The van der Waals surface area contributed by atoms with Gasteiger partial charge in [0.25, 0.3) is 0 Å². The Morgan fingerprint density at radius 2 is 1.83 bits per heavy atom. The smallest absolute Gasteiger partial charge is 0.416 e. The number of anilines is 1. The van der Waals surface area contributed by atoms with E-state index in [-0.39, 0.29) is 18.8 Å². The number of sulfonamides is 1. The highest BCUT2D eigenvalue weighted by molar-refractivity contribution is 7.92. The molecule has 0 saturated carbocycles. The SMILES string of the molecule is Cc1ccc(C)c(OCCNC(=O)CN(c2cccc(C(F)(F)F)c2)S(C)(=O)=O)c1. The molecule has 0 spiro atoms. The molecule has 0 aliphatic carbocycles. The normalized spacial score (nSPS) is 11.8. The number of amides is 1. The fraction of sp³-hybridized carbons (Fsp3) is 0.350. The first-order valence-electron chi connectivity index (χ1n) is 8.99. The van der Waals surface area contributed by atoms with E-state index in [1.54, 1.807) is 0 Å². The van der Waals surface area contributed by atoms with Crippen LogP contribution < -0.4 is 14.4 Å². The zero-order chi connectivity index (χ0) is 22.5. The largest absolute Gasteiger partial charge is 0.491 e. The number of benzene rings is 2. The fourth-order valence-corrected chi connectivity index (χ4v) is 3.49. The predicted molar refractivity (Wildman–Crippen MR) is 108 cm³/mol. The Morgan fingerprint density at radius 1 is 1.13 bits per heavy atom. The lowest BCUT2D eigenvalue weighted by molar-refractivity contribution is -0.137. The van der Waals surface area contributed by atoms with Crippen LogP contribution in [0.5, 0.6) is 5.75 Å². The summed E-state index contributed by atoms with van der Waals surface area (Å²) in [6.45, 7) is 3.41. The van der Waals surface area contributed by atoms with Gasteiger partial charge in [-0.25, -0.2) is 8.42 Å². The molecule has 0 heterocycles. The lowest BCUT2D eigenvalue weighted by atomic mass is 10.1. The molecule has 2 aromatic carbocycles. The van der Waals surface area contributed by atoms with Crippen molar-refractivity contribution in [1.29, 1.82) is 0 Å². The van der Waals surface area contributed by atoms with Crippen molar-refractivity contribution in [2.24, 2.45) is 0 Å². The second kappa shape index (κ2) is 9.38. The van der Waals surface area contributed by atoms with Crippen molar-refractivity contribution >= 4 is 21.6 Å². The topological polar surface area (TPSA) is 75.7 Å². The molecular weight excluding hydrogens is 421 g/mol. The summed E-state index contributed by atoms with van der Waals surface area (Å²) in [6, 6.07) is 9.52. The zero-order valence-corrected chi connectivity index (χ0v) is 17.6. The summed E-state index contributed by atoms with van der Waals surface area (Å²) >= 11 is 0. The second-order valence-electron chi connectivity index (χ2n) is 6.79. The molecule has 0 fully saturated rings. The van der Waals surface area contributed by atoms with Crippen molar-refractivity contribution in [3.05, 3.63) is 59.2 Å². The molecule has 10 heteroatoms. The van der Waals surface area contributed by atoms with E-state index in [9.17, 15) is 26.4 Å². The summed E-state index contributed by atoms with van der Waals surface area (Å²) < 4.78 is 69.1. The minimum Gasteiger partial charge on any atom is -0.491 e. The van der Waals surface area contributed by atoms with Crippen LogP contribution >= 0.6 is 0 Å². The van der Waals surface area contributed by atoms with Gasteiger partial charge in [-0.05, 0) is 49.2 Å². The Morgan fingerprint density at radius 3 is 2.47 bits per heavy atom. The highest BCUT2D eigenvalue weighted by atomic mass is 32.2. The van der Waals surface area contributed by atoms with E-state index in [1.165, 1.54) is 6.07 Å². The Kier molecular flexibility index (Phi) is 7.35. The highest BCUT2D eigenvalue weighted by Crippen LogP contribution is 2.32. The number of carbonyl (C=O) groups is 1. The van der Waals surface area contributed by atoms with Gasteiger partial charge in [0, 0.05) is 0 Å². The molecule has 2 rings (SSSR count). The Hall–Kier alpha value is -2.75. The molecule has 164 valence electrons. The van der Waals surface area contributed by atoms with Gasteiger partial charge in [-0.1, -0.05) is 18.2 Å². The van der Waals surface area contributed by atoms with Gasteiger partial charge in [0.2, 0.25) is 15.9 Å². The maximum atomic E-state index is 12.9. The van der Waals surface area contributed by atoms with Crippen LogP contribution in [-0.2, 0) is 21.0 Å². The van der Waals surface area contributed by atoms with Crippen molar-refractivity contribution in [3.8, 4) is 5.75 Å². The summed E-state index contributed by atoms with van der Waals surface area (Å²) in [5, 5.41) is 2.51. The highest BCUT2D eigenvalue weighted by Gasteiger charge is 2.31. The third kappa shape index (κ3) is 6.65. The number of ether oxygens (including phenoxy) is 1. The number of aryl methyl sites for hydroxylation is 2. The number of carbonyl (C=O) groups excluding carboxylic acids is 1. The molecule has 0 atom stereocenters. The minimum absolute atomic E-state index is 0.104. The molecule has 6 nitrogen and oxygen atoms in total. The maximum absolute atomic E-state index is 12.9. The lowest BCUT2D eigenvalue weighted by Crippen LogP contribution is -2.41. The minimum atomic E-state index is -4.63.